The number of likely N-dealkylation sites (tertiary alicyclic amines) is 1. The molecule has 0 N–H and O–H groups in total. The van der Waals surface area contributed by atoms with E-state index in [4.69, 9.17) is 9.15 Å². The van der Waals surface area contributed by atoms with Crippen LogP contribution in [0.2, 0.25) is 0 Å². The Balaban J connectivity index is 1.62. The van der Waals surface area contributed by atoms with Crippen LogP contribution < -0.4 is 0 Å². The van der Waals surface area contributed by atoms with E-state index < -0.39 is 0 Å². The molecule has 1 fully saturated rings. The number of hydrogen-bond donors (Lipinski definition) is 0. The van der Waals surface area contributed by atoms with Gasteiger partial charge in [0.25, 0.3) is 0 Å². The van der Waals surface area contributed by atoms with E-state index in [1.807, 2.05) is 10.6 Å². The number of hydrogen-bond acceptors (Lipinski definition) is 4. The average molecular weight is 260 g/mol. The Hall–Kier alpha value is -1.75. The van der Waals surface area contributed by atoms with E-state index in [9.17, 15) is 4.79 Å². The minimum atomic E-state index is -0.234. The molecule has 2 aromatic rings. The zero-order chi connectivity index (χ0) is 12.8. The summed E-state index contributed by atoms with van der Waals surface area (Å²) in [5, 5.41) is 0. The quantitative estimate of drug-likeness (QED) is 0.773. The van der Waals surface area contributed by atoms with Crippen molar-refractivity contribution < 1.29 is 13.9 Å². The van der Waals surface area contributed by atoms with Crippen molar-refractivity contribution >= 4 is 17.1 Å². The zero-order valence-electron chi connectivity index (χ0n) is 10.7. The Morgan fingerprint density at radius 2 is 2.16 bits per heavy atom. The van der Waals surface area contributed by atoms with Gasteiger partial charge in [-0.15, -0.1) is 0 Å². The highest BCUT2D eigenvalue weighted by Gasteiger charge is 2.30. The smallest absolute Gasteiger partial charge is 0.355 e. The Bertz CT molecular complexity index is 622. The van der Waals surface area contributed by atoms with E-state index >= 15 is 0 Å². The first kappa shape index (κ1) is 11.1. The normalized spacial score (nSPS) is 23.8. The van der Waals surface area contributed by atoms with Gasteiger partial charge >= 0.3 is 5.97 Å². The molecule has 0 unspecified atom stereocenters. The predicted molar refractivity (Wildman–Crippen MR) is 69.1 cm³/mol. The molecule has 100 valence electrons. The largest absolute Gasteiger partial charge is 0.463 e. The van der Waals surface area contributed by atoms with Crippen molar-refractivity contribution in [2.45, 2.75) is 25.5 Å². The zero-order valence-corrected chi connectivity index (χ0v) is 10.7. The molecule has 1 saturated heterocycles. The van der Waals surface area contributed by atoms with Crippen molar-refractivity contribution in [1.29, 1.82) is 0 Å². The fourth-order valence-electron chi connectivity index (χ4n) is 3.14. The number of carbonyl (C=O) groups excluding carboxylic acids is 1. The average Bonchev–Trinajstić information content (AvgIpc) is 3.06. The molecular weight excluding hydrogens is 244 g/mol. The van der Waals surface area contributed by atoms with Crippen molar-refractivity contribution in [3.05, 3.63) is 24.1 Å². The van der Waals surface area contributed by atoms with Gasteiger partial charge in [-0.25, -0.2) is 4.79 Å². The van der Waals surface area contributed by atoms with Gasteiger partial charge < -0.3 is 13.7 Å². The predicted octanol–water partition coefficient (Wildman–Crippen LogP) is 1.87. The van der Waals surface area contributed by atoms with Crippen LogP contribution in [-0.4, -0.2) is 41.2 Å². The lowest BCUT2D eigenvalue weighted by Gasteiger charge is -2.28. The molecule has 0 amide bonds. The van der Waals surface area contributed by atoms with Crippen molar-refractivity contribution in [1.82, 2.24) is 9.47 Å². The van der Waals surface area contributed by atoms with Gasteiger partial charge in [0, 0.05) is 18.7 Å². The van der Waals surface area contributed by atoms with Crippen LogP contribution in [0, 0.1) is 0 Å². The summed E-state index contributed by atoms with van der Waals surface area (Å²) in [7, 11) is 0. The summed E-state index contributed by atoms with van der Waals surface area (Å²) in [6.45, 7) is 3.80. The maximum Gasteiger partial charge on any atom is 0.355 e. The van der Waals surface area contributed by atoms with Crippen LogP contribution in [0.15, 0.2) is 22.8 Å². The molecule has 2 aliphatic heterocycles. The summed E-state index contributed by atoms with van der Waals surface area (Å²) < 4.78 is 12.9. The highest BCUT2D eigenvalue weighted by Crippen LogP contribution is 2.26. The molecule has 5 nitrogen and oxygen atoms in total. The third-order valence-electron chi connectivity index (χ3n) is 4.05. The number of ether oxygens (including phenoxy) is 1. The van der Waals surface area contributed by atoms with Crippen molar-refractivity contribution in [2.75, 3.05) is 19.6 Å². The van der Waals surface area contributed by atoms with Crippen LogP contribution >= 0.6 is 0 Å². The van der Waals surface area contributed by atoms with Crippen LogP contribution in [0.1, 0.15) is 23.3 Å². The molecule has 0 aliphatic carbocycles. The number of cyclic esters (lactones) is 1. The number of esters is 1. The van der Waals surface area contributed by atoms with Gasteiger partial charge in [0.15, 0.2) is 5.58 Å². The van der Waals surface area contributed by atoms with Crippen LogP contribution in [0.5, 0.6) is 0 Å². The van der Waals surface area contributed by atoms with Gasteiger partial charge in [-0.1, -0.05) is 0 Å². The standard InChI is InChI=1S/C14H16N2O3/c17-14-12-7-13-11(3-6-18-13)16(12)9-10(19-14)8-15-4-1-2-5-15/h3,6-7,10H,1-2,4-5,8-9H2/t10-/m1/s1. The van der Waals surface area contributed by atoms with Crippen molar-refractivity contribution in [3.8, 4) is 0 Å². The Morgan fingerprint density at radius 3 is 3.00 bits per heavy atom. The fourth-order valence-corrected chi connectivity index (χ4v) is 3.14. The number of furan rings is 1. The molecule has 1 atom stereocenters. The minimum absolute atomic E-state index is 0.0522. The Kier molecular flexibility index (Phi) is 2.41. The summed E-state index contributed by atoms with van der Waals surface area (Å²) in [5.74, 6) is -0.234. The second-order valence-electron chi connectivity index (χ2n) is 5.35. The van der Waals surface area contributed by atoms with E-state index in [1.54, 1.807) is 12.3 Å². The number of fused-ring (bicyclic) bond motifs is 3. The molecule has 0 spiro atoms. The Morgan fingerprint density at radius 1 is 1.32 bits per heavy atom. The maximum atomic E-state index is 12.0. The number of aromatic nitrogens is 1. The maximum absolute atomic E-state index is 12.0. The van der Waals surface area contributed by atoms with Gasteiger partial charge in [-0.05, 0) is 25.9 Å². The Labute approximate surface area is 110 Å². The molecule has 4 rings (SSSR count). The van der Waals surface area contributed by atoms with Crippen LogP contribution in [-0.2, 0) is 11.3 Å². The van der Waals surface area contributed by atoms with Gasteiger partial charge in [-0.3, -0.25) is 4.90 Å². The van der Waals surface area contributed by atoms with Crippen LogP contribution in [0.4, 0.5) is 0 Å². The van der Waals surface area contributed by atoms with Crippen molar-refractivity contribution in [2.24, 2.45) is 0 Å². The summed E-state index contributed by atoms with van der Waals surface area (Å²) in [5.41, 5.74) is 2.35. The molecule has 4 heterocycles. The number of nitrogens with zero attached hydrogens (tertiary/aromatic N) is 2. The van der Waals surface area contributed by atoms with Gasteiger partial charge in [0.05, 0.1) is 18.3 Å². The van der Waals surface area contributed by atoms with E-state index in [2.05, 4.69) is 4.90 Å². The molecule has 0 bridgehead atoms. The highest BCUT2D eigenvalue weighted by molar-refractivity contribution is 5.94. The summed E-state index contributed by atoms with van der Waals surface area (Å²) in [6.07, 6.45) is 4.11. The summed E-state index contributed by atoms with van der Waals surface area (Å²) >= 11 is 0. The molecule has 0 aromatic carbocycles. The van der Waals surface area contributed by atoms with Gasteiger partial charge in [-0.2, -0.15) is 0 Å². The number of rotatable bonds is 2. The lowest BCUT2D eigenvalue weighted by molar-refractivity contribution is 0.00809. The first-order chi connectivity index (χ1) is 9.31. The van der Waals surface area contributed by atoms with Crippen molar-refractivity contribution in [3.63, 3.8) is 0 Å². The lowest BCUT2D eigenvalue weighted by Crippen LogP contribution is -2.40. The van der Waals surface area contributed by atoms with E-state index in [-0.39, 0.29) is 12.1 Å². The van der Waals surface area contributed by atoms with E-state index in [0.717, 1.165) is 37.3 Å². The van der Waals surface area contributed by atoms with Crippen LogP contribution in [0.3, 0.4) is 0 Å². The first-order valence-electron chi connectivity index (χ1n) is 6.81. The molecule has 0 saturated carbocycles. The third kappa shape index (κ3) is 1.76. The van der Waals surface area contributed by atoms with Gasteiger partial charge in [0.2, 0.25) is 0 Å². The second kappa shape index (κ2) is 4.13. The first-order valence-corrected chi connectivity index (χ1v) is 6.81. The lowest BCUT2D eigenvalue weighted by atomic mass is 10.2. The minimum Gasteiger partial charge on any atom is -0.463 e. The third-order valence-corrected chi connectivity index (χ3v) is 4.05. The molecule has 2 aromatic heterocycles. The molecule has 0 radical (unpaired) electrons. The molecular formula is C14H16N2O3. The van der Waals surface area contributed by atoms with E-state index in [1.165, 1.54) is 12.8 Å². The van der Waals surface area contributed by atoms with E-state index in [0.29, 0.717) is 5.69 Å². The van der Waals surface area contributed by atoms with Gasteiger partial charge in [0.1, 0.15) is 11.8 Å². The molecule has 2 aliphatic rings. The SMILES string of the molecule is O=C1O[C@H](CN2CCCC2)Cn2c1cc1occc12. The fraction of sp³-hybridized carbons (Fsp3) is 0.500. The summed E-state index contributed by atoms with van der Waals surface area (Å²) in [6, 6.07) is 3.67. The molecule has 19 heavy (non-hydrogen) atoms. The number of carbonyl (C=O) groups is 1. The topological polar surface area (TPSA) is 47.6 Å². The molecule has 5 heteroatoms. The monoisotopic (exact) mass is 260 g/mol. The second-order valence-corrected chi connectivity index (χ2v) is 5.35. The van der Waals surface area contributed by atoms with Crippen LogP contribution in [0.25, 0.3) is 11.1 Å². The highest BCUT2D eigenvalue weighted by atomic mass is 16.5. The summed E-state index contributed by atoms with van der Waals surface area (Å²) in [4.78, 5) is 14.4.